The number of carbonyl (C=O) groups excluding carboxylic acids is 1. The number of benzene rings is 1. The molecule has 0 spiro atoms. The molecule has 0 saturated heterocycles. The minimum Gasteiger partial charge on any atom is -0.392 e. The van der Waals surface area contributed by atoms with Gasteiger partial charge in [-0.3, -0.25) is 14.5 Å². The van der Waals surface area contributed by atoms with E-state index in [0.29, 0.717) is 35.2 Å². The van der Waals surface area contributed by atoms with Gasteiger partial charge in [-0.2, -0.15) is 0 Å². The molecule has 144 valence electrons. The van der Waals surface area contributed by atoms with E-state index in [2.05, 4.69) is 4.98 Å². The minimum absolute atomic E-state index is 0.0195. The molecule has 1 aliphatic carbocycles. The summed E-state index contributed by atoms with van der Waals surface area (Å²) in [4.78, 5) is 17.2. The third-order valence-electron chi connectivity index (χ3n) is 5.37. The number of fused-ring (bicyclic) bond motifs is 1. The van der Waals surface area contributed by atoms with Gasteiger partial charge in [0.25, 0.3) is 0 Å². The van der Waals surface area contributed by atoms with Crippen LogP contribution in [0.15, 0.2) is 42.7 Å². The Bertz CT molecular complexity index is 1070. The number of ketones is 1. The smallest absolute Gasteiger partial charge is 0.165 e. The number of nitrogen functional groups attached to an aromatic ring is 1. The first-order chi connectivity index (χ1) is 13.3. The van der Waals surface area contributed by atoms with Crippen LogP contribution in [-0.2, 0) is 13.0 Å². The van der Waals surface area contributed by atoms with Crippen molar-refractivity contribution >= 4 is 5.78 Å². The van der Waals surface area contributed by atoms with Crippen LogP contribution >= 0.6 is 0 Å². The molecule has 3 aromatic rings. The molecule has 3 N–H and O–H groups in total. The van der Waals surface area contributed by atoms with Crippen LogP contribution in [0.5, 0.6) is 0 Å². The molecular weight excluding hydrogens is 357 g/mol. The standard InChI is InChI=1S/C22H22FN3O2/c1-22(2)10-17-20(18(28)11-22)19(14-4-3-5-16(23)15(14)12-27)21(26(17)24)13-6-8-25-9-7-13/h3-9,27H,10-12,24H2,1-2H3. The third kappa shape index (κ3) is 2.81. The first-order valence-corrected chi connectivity index (χ1v) is 9.19. The van der Waals surface area contributed by atoms with Crippen LogP contribution in [0.2, 0.25) is 0 Å². The van der Waals surface area contributed by atoms with Crippen molar-refractivity contribution in [2.75, 3.05) is 5.84 Å². The van der Waals surface area contributed by atoms with Gasteiger partial charge < -0.3 is 10.9 Å². The molecule has 1 aliphatic rings. The molecule has 0 atom stereocenters. The molecule has 1 aromatic carbocycles. The van der Waals surface area contributed by atoms with Gasteiger partial charge in [0.05, 0.1) is 18.0 Å². The summed E-state index contributed by atoms with van der Waals surface area (Å²) < 4.78 is 16.0. The molecule has 0 radical (unpaired) electrons. The molecule has 0 fully saturated rings. The zero-order valence-electron chi connectivity index (χ0n) is 15.9. The third-order valence-corrected chi connectivity index (χ3v) is 5.37. The van der Waals surface area contributed by atoms with Crippen LogP contribution in [0.1, 0.15) is 41.9 Å². The summed E-state index contributed by atoms with van der Waals surface area (Å²) in [5.74, 6) is 5.96. The SMILES string of the molecule is CC1(C)CC(=O)c2c(-c3cccc(F)c3CO)c(-c3ccncc3)n(N)c2C1. The van der Waals surface area contributed by atoms with Crippen LogP contribution in [0.3, 0.4) is 0 Å². The Morgan fingerprint density at radius 3 is 2.57 bits per heavy atom. The minimum atomic E-state index is -0.511. The second kappa shape index (κ2) is 6.56. The van der Waals surface area contributed by atoms with E-state index in [4.69, 9.17) is 5.84 Å². The van der Waals surface area contributed by atoms with Crippen molar-refractivity contribution in [3.63, 3.8) is 0 Å². The molecule has 2 aromatic heterocycles. The molecule has 0 unspecified atom stereocenters. The van der Waals surface area contributed by atoms with Gasteiger partial charge in [-0.25, -0.2) is 4.39 Å². The number of rotatable bonds is 3. The van der Waals surface area contributed by atoms with Crippen molar-refractivity contribution in [2.45, 2.75) is 33.3 Å². The first kappa shape index (κ1) is 18.4. The first-order valence-electron chi connectivity index (χ1n) is 9.19. The van der Waals surface area contributed by atoms with Crippen LogP contribution in [0.4, 0.5) is 4.39 Å². The predicted octanol–water partition coefficient (Wildman–Crippen LogP) is 3.72. The average molecular weight is 379 g/mol. The van der Waals surface area contributed by atoms with E-state index in [9.17, 15) is 14.3 Å². The lowest BCUT2D eigenvalue weighted by atomic mass is 9.74. The molecule has 4 rings (SSSR count). The van der Waals surface area contributed by atoms with Crippen molar-refractivity contribution < 1.29 is 14.3 Å². The fourth-order valence-electron chi connectivity index (χ4n) is 4.16. The highest BCUT2D eigenvalue weighted by Gasteiger charge is 2.38. The van der Waals surface area contributed by atoms with E-state index in [1.54, 1.807) is 41.3 Å². The number of carbonyl (C=O) groups is 1. The lowest BCUT2D eigenvalue weighted by Crippen LogP contribution is -2.29. The van der Waals surface area contributed by atoms with Crippen molar-refractivity contribution in [1.29, 1.82) is 0 Å². The van der Waals surface area contributed by atoms with Crippen LogP contribution in [-0.4, -0.2) is 20.5 Å². The summed E-state index contributed by atoms with van der Waals surface area (Å²) in [6.07, 6.45) is 4.31. The number of halogens is 1. The zero-order chi connectivity index (χ0) is 20.1. The van der Waals surface area contributed by atoms with Gasteiger partial charge in [-0.05, 0) is 35.6 Å². The van der Waals surface area contributed by atoms with Crippen LogP contribution in [0.25, 0.3) is 22.4 Å². The number of Topliss-reactive ketones (excluding diaryl/α,β-unsaturated/α-hetero) is 1. The number of nitrogens with zero attached hydrogens (tertiary/aromatic N) is 2. The van der Waals surface area contributed by atoms with Gasteiger partial charge in [-0.1, -0.05) is 26.0 Å². The zero-order valence-corrected chi connectivity index (χ0v) is 15.9. The number of pyridine rings is 1. The summed E-state index contributed by atoms with van der Waals surface area (Å²) in [6, 6.07) is 8.22. The molecule has 5 nitrogen and oxygen atoms in total. The van der Waals surface area contributed by atoms with Gasteiger partial charge in [-0.15, -0.1) is 0 Å². The normalized spacial score (nSPS) is 15.5. The number of nitrogens with two attached hydrogens (primary N) is 1. The van der Waals surface area contributed by atoms with Crippen molar-refractivity contribution in [2.24, 2.45) is 5.41 Å². The Labute approximate surface area is 162 Å². The maximum Gasteiger partial charge on any atom is 0.165 e. The highest BCUT2D eigenvalue weighted by Crippen LogP contribution is 2.45. The van der Waals surface area contributed by atoms with Gasteiger partial charge in [0, 0.05) is 41.1 Å². The van der Waals surface area contributed by atoms with Crippen molar-refractivity contribution in [1.82, 2.24) is 9.66 Å². The Balaban J connectivity index is 2.12. The van der Waals surface area contributed by atoms with E-state index in [1.807, 2.05) is 13.8 Å². The summed E-state index contributed by atoms with van der Waals surface area (Å²) in [5, 5.41) is 9.81. The second-order valence-electron chi connectivity index (χ2n) is 8.02. The van der Waals surface area contributed by atoms with Gasteiger partial charge in [0.15, 0.2) is 5.78 Å². The van der Waals surface area contributed by atoms with Crippen molar-refractivity contribution in [3.05, 3.63) is 65.4 Å². The van der Waals surface area contributed by atoms with E-state index in [0.717, 1.165) is 11.3 Å². The summed E-state index contributed by atoms with van der Waals surface area (Å²) in [6.45, 7) is 3.60. The average Bonchev–Trinajstić information content (AvgIpc) is 2.94. The second-order valence-corrected chi connectivity index (χ2v) is 8.02. The Hall–Kier alpha value is -2.99. The number of hydrogen-bond acceptors (Lipinski definition) is 4. The highest BCUT2D eigenvalue weighted by molar-refractivity contribution is 6.08. The number of aliphatic hydroxyl groups is 1. The quantitative estimate of drug-likeness (QED) is 0.680. The fraction of sp³-hybridized carbons (Fsp3) is 0.273. The Morgan fingerprint density at radius 2 is 1.89 bits per heavy atom. The molecule has 0 saturated carbocycles. The highest BCUT2D eigenvalue weighted by atomic mass is 19.1. The van der Waals surface area contributed by atoms with E-state index >= 15 is 0 Å². The summed E-state index contributed by atoms with van der Waals surface area (Å²) >= 11 is 0. The van der Waals surface area contributed by atoms with Crippen molar-refractivity contribution in [3.8, 4) is 22.4 Å². The fourth-order valence-corrected chi connectivity index (χ4v) is 4.16. The molecule has 2 heterocycles. The molecule has 0 aliphatic heterocycles. The Kier molecular flexibility index (Phi) is 4.31. The summed E-state index contributed by atoms with van der Waals surface area (Å²) in [7, 11) is 0. The van der Waals surface area contributed by atoms with E-state index < -0.39 is 12.4 Å². The number of hydrogen-bond donors (Lipinski definition) is 2. The molecule has 6 heteroatoms. The molecule has 28 heavy (non-hydrogen) atoms. The van der Waals surface area contributed by atoms with E-state index in [1.165, 1.54) is 6.07 Å². The Morgan fingerprint density at radius 1 is 1.18 bits per heavy atom. The molecule has 0 amide bonds. The maximum absolute atomic E-state index is 14.4. The predicted molar refractivity (Wildman–Crippen MR) is 106 cm³/mol. The lowest BCUT2D eigenvalue weighted by molar-refractivity contribution is 0.0911. The maximum atomic E-state index is 14.4. The van der Waals surface area contributed by atoms with Gasteiger partial charge in [0.2, 0.25) is 0 Å². The lowest BCUT2D eigenvalue weighted by Gasteiger charge is -2.29. The van der Waals surface area contributed by atoms with Crippen LogP contribution in [0, 0.1) is 11.2 Å². The van der Waals surface area contributed by atoms with Gasteiger partial charge in [0.1, 0.15) is 5.82 Å². The molecular formula is C22H22FN3O2. The monoisotopic (exact) mass is 379 g/mol. The summed E-state index contributed by atoms with van der Waals surface area (Å²) in [5.41, 5.74) is 3.66. The largest absolute Gasteiger partial charge is 0.392 e. The topological polar surface area (TPSA) is 81.1 Å². The van der Waals surface area contributed by atoms with Gasteiger partial charge >= 0.3 is 0 Å². The van der Waals surface area contributed by atoms with E-state index in [-0.39, 0.29) is 16.8 Å². The van der Waals surface area contributed by atoms with Crippen LogP contribution < -0.4 is 5.84 Å². The number of aliphatic hydroxyl groups excluding tert-OH is 1. The molecule has 0 bridgehead atoms. The number of aromatic nitrogens is 2.